The van der Waals surface area contributed by atoms with Crippen LogP contribution in [0.25, 0.3) is 10.8 Å². The fourth-order valence-electron chi connectivity index (χ4n) is 2.56. The molecule has 0 saturated carbocycles. The van der Waals surface area contributed by atoms with E-state index in [1.807, 2.05) is 55.5 Å². The molecule has 26 heavy (non-hydrogen) atoms. The van der Waals surface area contributed by atoms with E-state index in [4.69, 9.17) is 4.74 Å². The van der Waals surface area contributed by atoms with Gasteiger partial charge in [-0.2, -0.15) is 0 Å². The van der Waals surface area contributed by atoms with Gasteiger partial charge in [0.2, 0.25) is 0 Å². The molecule has 5 heteroatoms. The van der Waals surface area contributed by atoms with Gasteiger partial charge in [-0.15, -0.1) is 0 Å². The number of benzene rings is 3. The standard InChI is InChI=1S/C21H19NO4/c1-14-6-8-15(9-7-14)12-22-20(24)13-26-21(25)18-10-16-4-2-3-5-17(16)11-19(18)23/h2-11,23H,12-13H2,1H3,(H,22,24). The van der Waals surface area contributed by atoms with Crippen molar-refractivity contribution in [3.05, 3.63) is 77.4 Å². The number of esters is 1. The van der Waals surface area contributed by atoms with Gasteiger partial charge in [-0.3, -0.25) is 4.79 Å². The number of carbonyl (C=O) groups is 2. The molecular formula is C21H19NO4. The largest absolute Gasteiger partial charge is 0.507 e. The van der Waals surface area contributed by atoms with Gasteiger partial charge in [0.05, 0.1) is 0 Å². The van der Waals surface area contributed by atoms with E-state index in [0.717, 1.165) is 21.9 Å². The summed E-state index contributed by atoms with van der Waals surface area (Å²) in [6.07, 6.45) is 0. The van der Waals surface area contributed by atoms with Gasteiger partial charge >= 0.3 is 5.97 Å². The molecule has 132 valence electrons. The molecule has 0 radical (unpaired) electrons. The first kappa shape index (κ1) is 17.5. The number of rotatable bonds is 5. The lowest BCUT2D eigenvalue weighted by Gasteiger charge is -2.09. The molecular weight excluding hydrogens is 330 g/mol. The highest BCUT2D eigenvalue weighted by Gasteiger charge is 2.15. The molecule has 0 saturated heterocycles. The average Bonchev–Trinajstić information content (AvgIpc) is 2.65. The molecule has 0 fully saturated rings. The van der Waals surface area contributed by atoms with Crippen LogP contribution in [0.3, 0.4) is 0 Å². The Kier molecular flexibility index (Phi) is 5.17. The number of nitrogens with one attached hydrogen (secondary N) is 1. The van der Waals surface area contributed by atoms with Gasteiger partial charge in [0.1, 0.15) is 11.3 Å². The van der Waals surface area contributed by atoms with Crippen molar-refractivity contribution in [2.75, 3.05) is 6.61 Å². The zero-order valence-corrected chi connectivity index (χ0v) is 14.4. The third-order valence-corrected chi connectivity index (χ3v) is 4.03. The normalized spacial score (nSPS) is 10.5. The lowest BCUT2D eigenvalue weighted by molar-refractivity contribution is -0.124. The molecule has 0 spiro atoms. The number of phenols is 1. The van der Waals surface area contributed by atoms with E-state index in [1.165, 1.54) is 6.07 Å². The predicted octanol–water partition coefficient (Wildman–Crippen LogP) is 3.33. The Labute approximate surface area is 151 Å². The van der Waals surface area contributed by atoms with Gasteiger partial charge in [-0.1, -0.05) is 54.1 Å². The molecule has 3 aromatic rings. The fraction of sp³-hybridized carbons (Fsp3) is 0.143. The molecule has 0 aliphatic heterocycles. The second-order valence-electron chi connectivity index (χ2n) is 6.05. The summed E-state index contributed by atoms with van der Waals surface area (Å²) in [6.45, 7) is 1.94. The Morgan fingerprint density at radius 2 is 1.65 bits per heavy atom. The highest BCUT2D eigenvalue weighted by molar-refractivity contribution is 5.99. The molecule has 3 rings (SSSR count). The smallest absolute Gasteiger partial charge is 0.342 e. The van der Waals surface area contributed by atoms with Crippen LogP contribution in [0.1, 0.15) is 21.5 Å². The molecule has 2 N–H and O–H groups in total. The maximum Gasteiger partial charge on any atom is 0.342 e. The maximum atomic E-state index is 12.2. The minimum absolute atomic E-state index is 0.0371. The summed E-state index contributed by atoms with van der Waals surface area (Å²) in [4.78, 5) is 24.0. The van der Waals surface area contributed by atoms with Crippen LogP contribution in [0.4, 0.5) is 0 Å². The van der Waals surface area contributed by atoms with E-state index in [0.29, 0.717) is 6.54 Å². The molecule has 0 atom stereocenters. The summed E-state index contributed by atoms with van der Waals surface area (Å²) in [5.74, 6) is -1.31. The Morgan fingerprint density at radius 3 is 2.35 bits per heavy atom. The Hall–Kier alpha value is -3.34. The quantitative estimate of drug-likeness (QED) is 0.693. The number of aryl methyl sites for hydroxylation is 1. The highest BCUT2D eigenvalue weighted by atomic mass is 16.5. The van der Waals surface area contributed by atoms with Gasteiger partial charge in [0.25, 0.3) is 5.91 Å². The first-order valence-corrected chi connectivity index (χ1v) is 8.24. The van der Waals surface area contributed by atoms with Crippen LogP contribution in [-0.4, -0.2) is 23.6 Å². The van der Waals surface area contributed by atoms with Crippen molar-refractivity contribution >= 4 is 22.6 Å². The number of ether oxygens (including phenoxy) is 1. The van der Waals surface area contributed by atoms with Crippen molar-refractivity contribution in [1.82, 2.24) is 5.32 Å². The van der Waals surface area contributed by atoms with Crippen LogP contribution in [0, 0.1) is 6.92 Å². The number of fused-ring (bicyclic) bond motifs is 1. The van der Waals surface area contributed by atoms with Crippen LogP contribution >= 0.6 is 0 Å². The third kappa shape index (κ3) is 4.19. The second kappa shape index (κ2) is 7.70. The van der Waals surface area contributed by atoms with E-state index >= 15 is 0 Å². The van der Waals surface area contributed by atoms with E-state index < -0.39 is 18.5 Å². The minimum Gasteiger partial charge on any atom is -0.507 e. The first-order valence-electron chi connectivity index (χ1n) is 8.24. The number of carbonyl (C=O) groups excluding carboxylic acids is 2. The van der Waals surface area contributed by atoms with E-state index in [2.05, 4.69) is 5.32 Å². The van der Waals surface area contributed by atoms with Crippen LogP contribution in [0.2, 0.25) is 0 Å². The summed E-state index contributed by atoms with van der Waals surface area (Å²) in [6, 6.07) is 18.2. The second-order valence-corrected chi connectivity index (χ2v) is 6.05. The van der Waals surface area contributed by atoms with Gasteiger partial charge in [-0.05, 0) is 35.4 Å². The highest BCUT2D eigenvalue weighted by Crippen LogP contribution is 2.25. The Balaban J connectivity index is 1.57. The minimum atomic E-state index is -0.737. The molecule has 0 aliphatic rings. The molecule has 5 nitrogen and oxygen atoms in total. The van der Waals surface area contributed by atoms with Crippen molar-refractivity contribution in [1.29, 1.82) is 0 Å². The number of aromatic hydroxyl groups is 1. The lowest BCUT2D eigenvalue weighted by atomic mass is 10.1. The molecule has 0 heterocycles. The topological polar surface area (TPSA) is 75.6 Å². The van der Waals surface area contributed by atoms with Gasteiger partial charge in [0.15, 0.2) is 6.61 Å². The molecule has 0 aromatic heterocycles. The van der Waals surface area contributed by atoms with Crippen molar-refractivity contribution in [2.24, 2.45) is 0 Å². The van der Waals surface area contributed by atoms with E-state index in [1.54, 1.807) is 6.07 Å². The van der Waals surface area contributed by atoms with Crippen molar-refractivity contribution < 1.29 is 19.4 Å². The summed E-state index contributed by atoms with van der Waals surface area (Å²) in [7, 11) is 0. The SMILES string of the molecule is Cc1ccc(CNC(=O)COC(=O)c2cc3ccccc3cc2O)cc1. The van der Waals surface area contributed by atoms with Gasteiger partial charge < -0.3 is 15.2 Å². The van der Waals surface area contributed by atoms with Crippen molar-refractivity contribution in [3.8, 4) is 5.75 Å². The van der Waals surface area contributed by atoms with Crippen LogP contribution in [0.5, 0.6) is 5.75 Å². The average molecular weight is 349 g/mol. The molecule has 0 bridgehead atoms. The Morgan fingerprint density at radius 1 is 1.00 bits per heavy atom. The summed E-state index contributed by atoms with van der Waals surface area (Å²) in [5.41, 5.74) is 2.14. The van der Waals surface area contributed by atoms with Crippen LogP contribution < -0.4 is 5.32 Å². The van der Waals surface area contributed by atoms with Crippen LogP contribution in [-0.2, 0) is 16.1 Å². The Bertz CT molecular complexity index is 948. The summed E-state index contributed by atoms with van der Waals surface area (Å²) in [5, 5.41) is 14.3. The van der Waals surface area contributed by atoms with E-state index in [-0.39, 0.29) is 11.3 Å². The number of amides is 1. The predicted molar refractivity (Wildman–Crippen MR) is 98.9 cm³/mol. The number of hydrogen-bond acceptors (Lipinski definition) is 4. The summed E-state index contributed by atoms with van der Waals surface area (Å²) >= 11 is 0. The number of hydrogen-bond donors (Lipinski definition) is 2. The summed E-state index contributed by atoms with van der Waals surface area (Å²) < 4.78 is 5.02. The van der Waals surface area contributed by atoms with Crippen molar-refractivity contribution in [3.63, 3.8) is 0 Å². The number of phenolic OH excluding ortho intramolecular Hbond substituents is 1. The van der Waals surface area contributed by atoms with E-state index in [9.17, 15) is 14.7 Å². The zero-order chi connectivity index (χ0) is 18.5. The first-order chi connectivity index (χ1) is 12.5. The molecule has 0 aliphatic carbocycles. The maximum absolute atomic E-state index is 12.2. The van der Waals surface area contributed by atoms with Gasteiger partial charge in [-0.25, -0.2) is 4.79 Å². The fourth-order valence-corrected chi connectivity index (χ4v) is 2.56. The molecule has 1 amide bonds. The molecule has 0 unspecified atom stereocenters. The van der Waals surface area contributed by atoms with Gasteiger partial charge in [0, 0.05) is 6.54 Å². The third-order valence-electron chi connectivity index (χ3n) is 4.03. The van der Waals surface area contributed by atoms with Crippen molar-refractivity contribution in [2.45, 2.75) is 13.5 Å². The lowest BCUT2D eigenvalue weighted by Crippen LogP contribution is -2.28. The van der Waals surface area contributed by atoms with Crippen LogP contribution in [0.15, 0.2) is 60.7 Å². The monoisotopic (exact) mass is 349 g/mol. The zero-order valence-electron chi connectivity index (χ0n) is 14.4. The molecule has 3 aromatic carbocycles.